The average Bonchev–Trinajstić information content (AvgIpc) is 2.92. The van der Waals surface area contributed by atoms with Gasteiger partial charge in [0.1, 0.15) is 0 Å². The van der Waals surface area contributed by atoms with E-state index in [2.05, 4.69) is 23.3 Å². The first-order valence-corrected chi connectivity index (χ1v) is 9.64. The number of hydrogen-bond donors (Lipinski definition) is 3. The minimum absolute atomic E-state index is 0.138. The quantitative estimate of drug-likeness (QED) is 0.553. The molecule has 1 heterocycles. The molecule has 1 aromatic heterocycles. The number of allylic oxidation sites excluding steroid dienone is 1. The number of nitrogens with one attached hydrogen (secondary N) is 2. The van der Waals surface area contributed by atoms with Gasteiger partial charge in [-0.2, -0.15) is 0 Å². The van der Waals surface area contributed by atoms with Crippen LogP contribution in [0, 0.1) is 20.8 Å². The lowest BCUT2D eigenvalue weighted by molar-refractivity contribution is -0.117. The molecule has 150 valence electrons. The molecule has 0 saturated carbocycles. The first-order valence-electron chi connectivity index (χ1n) is 9.64. The predicted octanol–water partition coefficient (Wildman–Crippen LogP) is 4.69. The summed E-state index contributed by atoms with van der Waals surface area (Å²) in [7, 11) is 0. The van der Waals surface area contributed by atoms with E-state index < -0.39 is 0 Å². The minimum Gasteiger partial charge on any atom is -0.369 e. The molecule has 3 rings (SSSR count). The maximum atomic E-state index is 12.2. The Hall–Kier alpha value is -3.34. The van der Waals surface area contributed by atoms with Gasteiger partial charge in [-0.25, -0.2) is 0 Å². The molecule has 29 heavy (non-hydrogen) atoms. The summed E-state index contributed by atoms with van der Waals surface area (Å²) in [6, 6.07) is 9.88. The summed E-state index contributed by atoms with van der Waals surface area (Å²) in [5, 5.41) is 4.05. The Balaban J connectivity index is 2.17. The summed E-state index contributed by atoms with van der Waals surface area (Å²) < 4.78 is 0. The molecule has 0 aliphatic rings. The largest absolute Gasteiger partial charge is 0.369 e. The molecule has 0 spiro atoms. The fraction of sp³-hybridized carbons (Fsp3) is 0.250. The second-order valence-electron chi connectivity index (χ2n) is 7.73. The van der Waals surface area contributed by atoms with Crippen LogP contribution >= 0.6 is 0 Å². The van der Waals surface area contributed by atoms with E-state index in [1.165, 1.54) is 0 Å². The van der Waals surface area contributed by atoms with Gasteiger partial charge < -0.3 is 16.0 Å². The van der Waals surface area contributed by atoms with Gasteiger partial charge in [0, 0.05) is 22.8 Å². The van der Waals surface area contributed by atoms with E-state index in [-0.39, 0.29) is 18.2 Å². The van der Waals surface area contributed by atoms with Crippen molar-refractivity contribution in [3.63, 3.8) is 0 Å². The molecule has 0 aliphatic carbocycles. The lowest BCUT2D eigenvalue weighted by Gasteiger charge is -2.14. The molecule has 3 aromatic rings. The summed E-state index contributed by atoms with van der Waals surface area (Å²) >= 11 is 0. The van der Waals surface area contributed by atoms with Gasteiger partial charge in [0.2, 0.25) is 11.8 Å². The maximum Gasteiger partial charge on any atom is 0.248 e. The van der Waals surface area contributed by atoms with Gasteiger partial charge in [-0.15, -0.1) is 0 Å². The Labute approximate surface area is 171 Å². The molecule has 5 heteroatoms. The van der Waals surface area contributed by atoms with Crippen LogP contribution in [-0.2, 0) is 16.0 Å². The highest BCUT2D eigenvalue weighted by Crippen LogP contribution is 2.37. The second-order valence-corrected chi connectivity index (χ2v) is 7.73. The monoisotopic (exact) mass is 389 g/mol. The Morgan fingerprint density at radius 2 is 1.76 bits per heavy atom. The van der Waals surface area contributed by atoms with Crippen LogP contribution in [0.3, 0.4) is 0 Å². The smallest absolute Gasteiger partial charge is 0.248 e. The molecule has 0 unspecified atom stereocenters. The molecular formula is C24H27N3O2. The number of benzene rings is 2. The first kappa shape index (κ1) is 20.4. The van der Waals surface area contributed by atoms with Crippen LogP contribution in [0.25, 0.3) is 22.0 Å². The van der Waals surface area contributed by atoms with Crippen molar-refractivity contribution in [3.05, 3.63) is 64.4 Å². The van der Waals surface area contributed by atoms with Crippen molar-refractivity contribution in [3.8, 4) is 11.1 Å². The third-order valence-electron chi connectivity index (χ3n) is 5.21. The Bertz CT molecular complexity index is 1150. The highest BCUT2D eigenvalue weighted by molar-refractivity contribution is 6.04. The van der Waals surface area contributed by atoms with Crippen LogP contribution in [0.1, 0.15) is 36.2 Å². The van der Waals surface area contributed by atoms with Crippen molar-refractivity contribution in [2.24, 2.45) is 5.73 Å². The Kier molecular flexibility index (Phi) is 5.59. The van der Waals surface area contributed by atoms with E-state index >= 15 is 0 Å². The minimum atomic E-state index is -0.357. The predicted molar refractivity (Wildman–Crippen MR) is 119 cm³/mol. The summed E-state index contributed by atoms with van der Waals surface area (Å²) in [6.07, 6.45) is 1.77. The van der Waals surface area contributed by atoms with Crippen molar-refractivity contribution in [1.29, 1.82) is 0 Å². The molecule has 2 aromatic carbocycles. The molecule has 5 nitrogen and oxygen atoms in total. The lowest BCUT2D eigenvalue weighted by atomic mass is 9.92. The van der Waals surface area contributed by atoms with Crippen LogP contribution in [0.2, 0.25) is 0 Å². The first-order chi connectivity index (χ1) is 13.7. The number of anilines is 1. The third kappa shape index (κ3) is 4.09. The number of aryl methyl sites for hydroxylation is 2. The SMILES string of the molecule is CC(C)=CC(=O)Nc1cccc(-c2ccc(CC(N)=O)c3[nH]c(C)c(C)c23)c1C. The summed E-state index contributed by atoms with van der Waals surface area (Å²) in [4.78, 5) is 27.1. The fourth-order valence-electron chi connectivity index (χ4n) is 3.70. The number of rotatable bonds is 5. The number of primary amides is 1. The number of nitrogens with two attached hydrogens (primary N) is 1. The van der Waals surface area contributed by atoms with E-state index in [1.807, 2.05) is 52.0 Å². The normalized spacial score (nSPS) is 10.8. The standard InChI is InChI=1S/C24H27N3O2/c1-13(2)11-22(29)27-20-8-6-7-18(15(20)4)19-10-9-17(12-21(25)28)24-23(19)14(3)16(5)26-24/h6-11,26H,12H2,1-5H3,(H2,25,28)(H,27,29). The molecule has 0 atom stereocenters. The summed E-state index contributed by atoms with van der Waals surface area (Å²) in [5.74, 6) is -0.495. The van der Waals surface area contributed by atoms with Crippen molar-refractivity contribution in [1.82, 2.24) is 4.98 Å². The number of amides is 2. The van der Waals surface area contributed by atoms with Crippen molar-refractivity contribution >= 4 is 28.4 Å². The molecule has 0 aliphatic heterocycles. The topological polar surface area (TPSA) is 88.0 Å². The number of carbonyl (C=O) groups excluding carboxylic acids is 2. The van der Waals surface area contributed by atoms with Crippen LogP contribution < -0.4 is 11.1 Å². The highest BCUT2D eigenvalue weighted by Gasteiger charge is 2.17. The molecule has 2 amide bonds. The summed E-state index contributed by atoms with van der Waals surface area (Å²) in [6.45, 7) is 9.89. The zero-order valence-corrected chi connectivity index (χ0v) is 17.6. The lowest BCUT2D eigenvalue weighted by Crippen LogP contribution is -2.14. The summed E-state index contributed by atoms with van der Waals surface area (Å²) in [5.41, 5.74) is 14.3. The van der Waals surface area contributed by atoms with Gasteiger partial charge >= 0.3 is 0 Å². The fourth-order valence-corrected chi connectivity index (χ4v) is 3.70. The maximum absolute atomic E-state index is 12.2. The second kappa shape index (κ2) is 7.95. The van der Waals surface area contributed by atoms with Crippen LogP contribution in [0.5, 0.6) is 0 Å². The molecule has 0 fully saturated rings. The van der Waals surface area contributed by atoms with Crippen molar-refractivity contribution in [2.45, 2.75) is 41.0 Å². The number of carbonyl (C=O) groups is 2. The number of hydrogen-bond acceptors (Lipinski definition) is 2. The Morgan fingerprint density at radius 1 is 1.03 bits per heavy atom. The molecular weight excluding hydrogens is 362 g/mol. The van der Waals surface area contributed by atoms with Crippen molar-refractivity contribution in [2.75, 3.05) is 5.32 Å². The van der Waals surface area contributed by atoms with E-state index in [1.54, 1.807) is 6.08 Å². The van der Waals surface area contributed by atoms with Crippen LogP contribution in [-0.4, -0.2) is 16.8 Å². The van der Waals surface area contributed by atoms with Gasteiger partial charge in [0.15, 0.2) is 0 Å². The third-order valence-corrected chi connectivity index (χ3v) is 5.21. The zero-order chi connectivity index (χ0) is 21.3. The highest BCUT2D eigenvalue weighted by atomic mass is 16.1. The molecule has 4 N–H and O–H groups in total. The van der Waals surface area contributed by atoms with Gasteiger partial charge in [-0.1, -0.05) is 29.8 Å². The van der Waals surface area contributed by atoms with Gasteiger partial charge in [-0.3, -0.25) is 9.59 Å². The van der Waals surface area contributed by atoms with E-state index in [0.717, 1.165) is 55.7 Å². The van der Waals surface area contributed by atoms with Crippen molar-refractivity contribution < 1.29 is 9.59 Å². The molecule has 0 bridgehead atoms. The van der Waals surface area contributed by atoms with Crippen LogP contribution in [0.4, 0.5) is 5.69 Å². The number of fused-ring (bicyclic) bond motifs is 1. The number of H-pyrrole nitrogens is 1. The molecule has 0 saturated heterocycles. The Morgan fingerprint density at radius 3 is 2.41 bits per heavy atom. The zero-order valence-electron chi connectivity index (χ0n) is 17.6. The van der Waals surface area contributed by atoms with E-state index in [9.17, 15) is 9.59 Å². The molecule has 0 radical (unpaired) electrons. The van der Waals surface area contributed by atoms with E-state index in [4.69, 9.17) is 5.73 Å². The average molecular weight is 389 g/mol. The van der Waals surface area contributed by atoms with Crippen LogP contribution in [0.15, 0.2) is 42.0 Å². The number of aromatic amines is 1. The van der Waals surface area contributed by atoms with Gasteiger partial charge in [0.25, 0.3) is 0 Å². The van der Waals surface area contributed by atoms with Gasteiger partial charge in [-0.05, 0) is 68.5 Å². The number of aromatic nitrogens is 1. The van der Waals surface area contributed by atoms with Gasteiger partial charge in [0.05, 0.1) is 11.9 Å². The van der Waals surface area contributed by atoms with E-state index in [0.29, 0.717) is 0 Å².